The van der Waals surface area contributed by atoms with Gasteiger partial charge >= 0.3 is 5.97 Å². The number of nitrogens with zero attached hydrogens (tertiary/aromatic N) is 3. The predicted octanol–water partition coefficient (Wildman–Crippen LogP) is 3.83. The Balaban J connectivity index is 1.51. The van der Waals surface area contributed by atoms with Crippen LogP contribution in [0.4, 0.5) is 11.8 Å². The lowest BCUT2D eigenvalue weighted by atomic mass is 9.94. The summed E-state index contributed by atoms with van der Waals surface area (Å²) in [4.78, 5) is 22.5. The van der Waals surface area contributed by atoms with Crippen LogP contribution in [0.15, 0.2) is 24.4 Å². The fourth-order valence-electron chi connectivity index (χ4n) is 3.68. The van der Waals surface area contributed by atoms with Gasteiger partial charge in [0.25, 0.3) is 0 Å². The van der Waals surface area contributed by atoms with Crippen molar-refractivity contribution in [2.45, 2.75) is 32.2 Å². The van der Waals surface area contributed by atoms with Gasteiger partial charge in [0.1, 0.15) is 17.1 Å². The molecule has 1 aromatic heterocycles. The van der Waals surface area contributed by atoms with Crippen LogP contribution >= 0.6 is 11.6 Å². The van der Waals surface area contributed by atoms with Gasteiger partial charge in [0.15, 0.2) is 0 Å². The zero-order valence-corrected chi connectivity index (χ0v) is 16.5. The number of piperidine rings is 1. The number of carbonyl (C=O) groups is 1. The molecule has 7 nitrogen and oxygen atoms in total. The number of carboxylic acids is 1. The average Bonchev–Trinajstić information content (AvgIpc) is 3.45. The number of benzene rings is 1. The highest BCUT2D eigenvalue weighted by atomic mass is 35.5. The van der Waals surface area contributed by atoms with Gasteiger partial charge in [0.05, 0.1) is 12.1 Å². The zero-order chi connectivity index (χ0) is 19.7. The number of methoxy groups -OCH3 is 1. The number of carboxylic acid groups (broad SMARTS) is 1. The monoisotopic (exact) mass is 402 g/mol. The van der Waals surface area contributed by atoms with E-state index in [-0.39, 0.29) is 5.56 Å². The second-order valence-electron chi connectivity index (χ2n) is 7.55. The summed E-state index contributed by atoms with van der Waals surface area (Å²) in [6, 6.07) is 5.44. The Bertz CT molecular complexity index is 891. The molecule has 1 aliphatic heterocycles. The molecule has 0 bridgehead atoms. The first-order valence-electron chi connectivity index (χ1n) is 9.41. The zero-order valence-electron chi connectivity index (χ0n) is 15.7. The van der Waals surface area contributed by atoms with Gasteiger partial charge in [-0.25, -0.2) is 9.78 Å². The minimum Gasteiger partial charge on any atom is -0.495 e. The van der Waals surface area contributed by atoms with Gasteiger partial charge in [-0.3, -0.25) is 0 Å². The van der Waals surface area contributed by atoms with Crippen LogP contribution in [0, 0.1) is 5.41 Å². The SMILES string of the molecule is COc1ccc(CNc2nc(N3CCC4(CC3)CC4)ncc2C(=O)O)cc1Cl. The second-order valence-corrected chi connectivity index (χ2v) is 7.95. The van der Waals surface area contributed by atoms with Crippen molar-refractivity contribution in [3.05, 3.63) is 40.5 Å². The van der Waals surface area contributed by atoms with E-state index in [0.29, 0.717) is 34.5 Å². The minimum atomic E-state index is -1.06. The molecule has 1 saturated heterocycles. The van der Waals surface area contributed by atoms with E-state index in [4.69, 9.17) is 16.3 Å². The van der Waals surface area contributed by atoms with E-state index in [2.05, 4.69) is 20.2 Å². The van der Waals surface area contributed by atoms with Gasteiger partial charge in [0.2, 0.25) is 5.95 Å². The molecular formula is C20H23ClN4O3. The summed E-state index contributed by atoms with van der Waals surface area (Å²) in [5.74, 6) is 0.434. The average molecular weight is 403 g/mol. The summed E-state index contributed by atoms with van der Waals surface area (Å²) < 4.78 is 5.16. The summed E-state index contributed by atoms with van der Waals surface area (Å²) in [5.41, 5.74) is 1.52. The third-order valence-electron chi connectivity index (χ3n) is 5.75. The maximum Gasteiger partial charge on any atom is 0.341 e. The molecular weight excluding hydrogens is 380 g/mol. The standard InChI is InChI=1S/C20H23ClN4O3/c1-28-16-3-2-13(10-15(16)21)11-22-17-14(18(26)27)12-23-19(24-17)25-8-6-20(4-5-20)7-9-25/h2-3,10,12H,4-9,11H2,1H3,(H,26,27)(H,22,23,24). The number of ether oxygens (including phenoxy) is 1. The van der Waals surface area contributed by atoms with Gasteiger partial charge in [0, 0.05) is 25.8 Å². The molecule has 1 spiro atoms. The summed E-state index contributed by atoms with van der Waals surface area (Å²) in [5, 5.41) is 13.1. The van der Waals surface area contributed by atoms with E-state index >= 15 is 0 Å². The van der Waals surface area contributed by atoms with E-state index in [0.717, 1.165) is 31.5 Å². The summed E-state index contributed by atoms with van der Waals surface area (Å²) >= 11 is 6.17. The van der Waals surface area contributed by atoms with Crippen LogP contribution in [0.5, 0.6) is 5.75 Å². The molecule has 4 rings (SSSR count). The first kappa shape index (κ1) is 18.8. The quantitative estimate of drug-likeness (QED) is 0.759. The first-order valence-corrected chi connectivity index (χ1v) is 9.79. The van der Waals surface area contributed by atoms with Crippen LogP contribution in [0.2, 0.25) is 5.02 Å². The fourth-order valence-corrected chi connectivity index (χ4v) is 3.96. The van der Waals surface area contributed by atoms with Crippen LogP contribution in [-0.2, 0) is 6.54 Å². The molecule has 2 aromatic rings. The minimum absolute atomic E-state index is 0.0547. The molecule has 1 aromatic carbocycles. The third kappa shape index (κ3) is 3.85. The highest BCUT2D eigenvalue weighted by Gasteiger charge is 2.44. The van der Waals surface area contributed by atoms with E-state index in [1.807, 2.05) is 6.07 Å². The van der Waals surface area contributed by atoms with Crippen LogP contribution < -0.4 is 15.0 Å². The number of hydrogen-bond donors (Lipinski definition) is 2. The van der Waals surface area contributed by atoms with Gasteiger partial charge in [-0.1, -0.05) is 17.7 Å². The molecule has 2 N–H and O–H groups in total. The van der Waals surface area contributed by atoms with Crippen molar-refractivity contribution >= 4 is 29.3 Å². The highest BCUT2D eigenvalue weighted by molar-refractivity contribution is 6.32. The van der Waals surface area contributed by atoms with E-state index in [1.165, 1.54) is 19.0 Å². The molecule has 0 radical (unpaired) electrons. The Labute approximate surface area is 168 Å². The largest absolute Gasteiger partial charge is 0.495 e. The lowest BCUT2D eigenvalue weighted by Crippen LogP contribution is -2.35. The Kier molecular flexibility index (Phi) is 5.02. The van der Waals surface area contributed by atoms with Gasteiger partial charge in [-0.05, 0) is 48.8 Å². The summed E-state index contributed by atoms with van der Waals surface area (Å²) in [6.07, 6.45) is 6.36. The number of nitrogens with one attached hydrogen (secondary N) is 1. The maximum atomic E-state index is 11.6. The Morgan fingerprint density at radius 1 is 1.32 bits per heavy atom. The number of aromatic nitrogens is 2. The molecule has 2 fully saturated rings. The molecule has 8 heteroatoms. The molecule has 2 aliphatic rings. The molecule has 0 amide bonds. The molecule has 148 valence electrons. The maximum absolute atomic E-state index is 11.6. The first-order chi connectivity index (χ1) is 13.5. The van der Waals surface area contributed by atoms with Gasteiger partial charge in [-0.15, -0.1) is 0 Å². The highest BCUT2D eigenvalue weighted by Crippen LogP contribution is 2.53. The topological polar surface area (TPSA) is 87.6 Å². The number of hydrogen-bond acceptors (Lipinski definition) is 6. The Morgan fingerprint density at radius 3 is 2.68 bits per heavy atom. The molecule has 0 atom stereocenters. The number of rotatable bonds is 6. The second kappa shape index (κ2) is 7.47. The molecule has 0 unspecified atom stereocenters. The normalized spacial score (nSPS) is 17.4. The van der Waals surface area contributed by atoms with Crippen molar-refractivity contribution in [3.8, 4) is 5.75 Å². The number of anilines is 2. The van der Waals surface area contributed by atoms with Gasteiger partial charge < -0.3 is 20.1 Å². The lowest BCUT2D eigenvalue weighted by Gasteiger charge is -2.32. The van der Waals surface area contributed by atoms with Crippen LogP contribution in [0.25, 0.3) is 0 Å². The van der Waals surface area contributed by atoms with Crippen molar-refractivity contribution < 1.29 is 14.6 Å². The van der Waals surface area contributed by atoms with E-state index in [1.54, 1.807) is 19.2 Å². The lowest BCUT2D eigenvalue weighted by molar-refractivity contribution is 0.0697. The van der Waals surface area contributed by atoms with Crippen molar-refractivity contribution in [2.24, 2.45) is 5.41 Å². The molecule has 1 aliphatic carbocycles. The number of aromatic carboxylic acids is 1. The number of halogens is 1. The van der Waals surface area contributed by atoms with Crippen LogP contribution in [0.3, 0.4) is 0 Å². The molecule has 1 saturated carbocycles. The van der Waals surface area contributed by atoms with Crippen LogP contribution in [0.1, 0.15) is 41.6 Å². The Hall–Kier alpha value is -2.54. The van der Waals surface area contributed by atoms with Crippen molar-refractivity contribution in [1.82, 2.24) is 9.97 Å². The van der Waals surface area contributed by atoms with E-state index in [9.17, 15) is 9.90 Å². The van der Waals surface area contributed by atoms with Gasteiger partial charge in [-0.2, -0.15) is 4.98 Å². The predicted molar refractivity (Wildman–Crippen MR) is 107 cm³/mol. The van der Waals surface area contributed by atoms with Crippen molar-refractivity contribution in [1.29, 1.82) is 0 Å². The smallest absolute Gasteiger partial charge is 0.341 e. The summed E-state index contributed by atoms with van der Waals surface area (Å²) in [7, 11) is 1.56. The third-order valence-corrected chi connectivity index (χ3v) is 6.04. The molecule has 2 heterocycles. The van der Waals surface area contributed by atoms with Crippen LogP contribution in [-0.4, -0.2) is 41.2 Å². The fraction of sp³-hybridized carbons (Fsp3) is 0.450. The van der Waals surface area contributed by atoms with Crippen molar-refractivity contribution in [3.63, 3.8) is 0 Å². The van der Waals surface area contributed by atoms with E-state index < -0.39 is 5.97 Å². The summed E-state index contributed by atoms with van der Waals surface area (Å²) in [6.45, 7) is 2.23. The molecule has 28 heavy (non-hydrogen) atoms. The Morgan fingerprint density at radius 2 is 2.07 bits per heavy atom. The van der Waals surface area contributed by atoms with Crippen molar-refractivity contribution in [2.75, 3.05) is 30.4 Å².